The van der Waals surface area contributed by atoms with E-state index in [1.165, 1.54) is 13.2 Å². The van der Waals surface area contributed by atoms with Crippen LogP contribution in [-0.4, -0.2) is 24.5 Å². The number of hydrogen-bond acceptors (Lipinski definition) is 4. The number of hydrogen-bond donors (Lipinski definition) is 2. The van der Waals surface area contributed by atoms with Crippen molar-refractivity contribution in [3.05, 3.63) is 111 Å². The number of carbonyl (C=O) groups excluding carboxylic acids is 1. The Balaban J connectivity index is 1.50. The smallest absolute Gasteiger partial charge is 0.261 e. The summed E-state index contributed by atoms with van der Waals surface area (Å²) in [6.07, 6.45) is 6.34. The molecule has 1 amide bonds. The second-order valence-corrected chi connectivity index (χ2v) is 9.61. The maximum absolute atomic E-state index is 12.8. The Hall–Kier alpha value is -4.18. The van der Waals surface area contributed by atoms with Crippen molar-refractivity contribution >= 4 is 46.1 Å². The molecule has 4 rings (SSSR count). The number of rotatable bonds is 11. The Morgan fingerprint density at radius 3 is 2.69 bits per heavy atom. The lowest BCUT2D eigenvalue weighted by Gasteiger charge is -2.16. The molecule has 6 nitrogen and oxygen atoms in total. The van der Waals surface area contributed by atoms with Gasteiger partial charge < -0.3 is 19.8 Å². The average Bonchev–Trinajstić information content (AvgIpc) is 3.34. The average molecular weight is 560 g/mol. The van der Waals surface area contributed by atoms with Crippen LogP contribution in [-0.2, 0) is 24.2 Å². The first-order chi connectivity index (χ1) is 18.9. The number of aromatic nitrogens is 1. The minimum Gasteiger partial charge on any atom is -0.493 e. The second kappa shape index (κ2) is 13.1. The van der Waals surface area contributed by atoms with Crippen LogP contribution in [0.4, 0.5) is 0 Å². The number of ether oxygens (including phenoxy) is 2. The molecule has 39 heavy (non-hydrogen) atoms. The molecule has 0 bridgehead atoms. The Labute approximate surface area is 237 Å². The zero-order chi connectivity index (χ0) is 27.8. The van der Waals surface area contributed by atoms with E-state index >= 15 is 0 Å². The fourth-order valence-electron chi connectivity index (χ4n) is 4.24. The molecule has 0 radical (unpaired) electrons. The van der Waals surface area contributed by atoms with Gasteiger partial charge in [0, 0.05) is 44.8 Å². The summed E-state index contributed by atoms with van der Waals surface area (Å²) in [6.45, 7) is 4.43. The summed E-state index contributed by atoms with van der Waals surface area (Å²) >= 11 is 12.3. The number of aromatic amines is 1. The fraction of sp³-hybridized carbons (Fsp3) is 0.161. The van der Waals surface area contributed by atoms with Crippen LogP contribution < -0.4 is 14.8 Å². The van der Waals surface area contributed by atoms with E-state index in [0.29, 0.717) is 46.5 Å². The number of allylic oxidation sites excluding steroid dienone is 1. The molecular formula is C31H27Cl2N3O3. The van der Waals surface area contributed by atoms with Gasteiger partial charge in [-0.2, -0.15) is 5.26 Å². The monoisotopic (exact) mass is 559 g/mol. The molecule has 0 aliphatic rings. The molecule has 4 aromatic rings. The third kappa shape index (κ3) is 6.83. The number of halogens is 2. The second-order valence-electron chi connectivity index (χ2n) is 8.76. The maximum atomic E-state index is 12.8. The van der Waals surface area contributed by atoms with Crippen molar-refractivity contribution in [2.45, 2.75) is 19.4 Å². The van der Waals surface area contributed by atoms with E-state index in [-0.39, 0.29) is 12.2 Å². The summed E-state index contributed by atoms with van der Waals surface area (Å²) in [4.78, 5) is 16.0. The fourth-order valence-corrected chi connectivity index (χ4v) is 4.70. The van der Waals surface area contributed by atoms with Gasteiger partial charge in [0.05, 0.1) is 7.11 Å². The lowest BCUT2D eigenvalue weighted by molar-refractivity contribution is -0.117. The van der Waals surface area contributed by atoms with Crippen LogP contribution in [0.15, 0.2) is 79.0 Å². The van der Waals surface area contributed by atoms with Gasteiger partial charge >= 0.3 is 0 Å². The number of carbonyl (C=O) groups is 1. The molecule has 2 N–H and O–H groups in total. The molecule has 0 saturated heterocycles. The zero-order valence-electron chi connectivity index (χ0n) is 21.4. The number of benzene rings is 3. The van der Waals surface area contributed by atoms with Crippen molar-refractivity contribution in [3.8, 4) is 17.6 Å². The first-order valence-corrected chi connectivity index (χ1v) is 13.0. The molecule has 1 aromatic heterocycles. The molecule has 1 heterocycles. The van der Waals surface area contributed by atoms with Gasteiger partial charge in [-0.15, -0.1) is 6.58 Å². The number of methoxy groups -OCH3 is 1. The number of nitriles is 1. The van der Waals surface area contributed by atoms with Crippen LogP contribution in [0.5, 0.6) is 11.5 Å². The van der Waals surface area contributed by atoms with Gasteiger partial charge in [0.2, 0.25) is 0 Å². The number of fused-ring (bicyclic) bond motifs is 1. The SMILES string of the molecule is C=CCc1cc(/C=C(/C#N)C(=O)NCCc2c[nH]c3ccccc23)cc(OC)c1OCc1ccc(Cl)cc1Cl. The van der Waals surface area contributed by atoms with Crippen molar-refractivity contribution in [3.63, 3.8) is 0 Å². The lowest BCUT2D eigenvalue weighted by atomic mass is 10.0. The number of H-pyrrole nitrogens is 1. The van der Waals surface area contributed by atoms with Gasteiger partial charge in [-0.3, -0.25) is 4.79 Å². The quantitative estimate of drug-likeness (QED) is 0.117. The largest absolute Gasteiger partial charge is 0.493 e. The van der Waals surface area contributed by atoms with E-state index in [1.807, 2.05) is 42.6 Å². The number of amides is 1. The molecule has 198 valence electrons. The van der Waals surface area contributed by atoms with Crippen LogP contribution in [0.3, 0.4) is 0 Å². The Bertz CT molecular complexity index is 1580. The topological polar surface area (TPSA) is 87.1 Å². The van der Waals surface area contributed by atoms with Crippen molar-refractivity contribution in [1.82, 2.24) is 10.3 Å². The Kier molecular flexibility index (Phi) is 9.32. The first-order valence-electron chi connectivity index (χ1n) is 12.3. The van der Waals surface area contributed by atoms with E-state index in [1.54, 1.807) is 30.3 Å². The van der Waals surface area contributed by atoms with Crippen LogP contribution in [0.1, 0.15) is 22.3 Å². The lowest BCUT2D eigenvalue weighted by Crippen LogP contribution is -2.26. The Morgan fingerprint density at radius 2 is 1.95 bits per heavy atom. The summed E-state index contributed by atoms with van der Waals surface area (Å²) < 4.78 is 11.7. The van der Waals surface area contributed by atoms with Gasteiger partial charge in [-0.25, -0.2) is 0 Å². The summed E-state index contributed by atoms with van der Waals surface area (Å²) in [5.41, 5.74) is 4.32. The molecule has 0 aliphatic carbocycles. The Morgan fingerprint density at radius 1 is 1.13 bits per heavy atom. The molecule has 0 saturated carbocycles. The van der Waals surface area contributed by atoms with E-state index in [4.69, 9.17) is 32.7 Å². The van der Waals surface area contributed by atoms with Gasteiger partial charge in [-0.1, -0.05) is 53.5 Å². The summed E-state index contributed by atoms with van der Waals surface area (Å²) in [5.74, 6) is 0.546. The van der Waals surface area contributed by atoms with Gasteiger partial charge in [-0.05, 0) is 60.4 Å². The minimum atomic E-state index is -0.445. The van der Waals surface area contributed by atoms with Crippen LogP contribution >= 0.6 is 23.2 Å². The number of nitrogens with one attached hydrogen (secondary N) is 2. The van der Waals surface area contributed by atoms with E-state index < -0.39 is 5.91 Å². The summed E-state index contributed by atoms with van der Waals surface area (Å²) in [6, 6.07) is 18.8. The predicted octanol–water partition coefficient (Wildman–Crippen LogP) is 7.06. The molecule has 0 unspecified atom stereocenters. The molecule has 0 spiro atoms. The maximum Gasteiger partial charge on any atom is 0.261 e. The minimum absolute atomic E-state index is 0.0119. The van der Waals surface area contributed by atoms with Gasteiger partial charge in [0.1, 0.15) is 18.2 Å². The van der Waals surface area contributed by atoms with E-state index in [0.717, 1.165) is 27.6 Å². The number of nitrogens with zero attached hydrogens (tertiary/aromatic N) is 1. The first kappa shape index (κ1) is 27.8. The zero-order valence-corrected chi connectivity index (χ0v) is 22.9. The normalized spacial score (nSPS) is 11.2. The van der Waals surface area contributed by atoms with E-state index in [9.17, 15) is 10.1 Å². The third-order valence-electron chi connectivity index (χ3n) is 6.16. The highest BCUT2D eigenvalue weighted by molar-refractivity contribution is 6.35. The highest BCUT2D eigenvalue weighted by atomic mass is 35.5. The molecular weight excluding hydrogens is 533 g/mol. The van der Waals surface area contributed by atoms with Crippen LogP contribution in [0.2, 0.25) is 10.0 Å². The van der Waals surface area contributed by atoms with Crippen molar-refractivity contribution in [2.24, 2.45) is 0 Å². The standard InChI is InChI=1S/C31H27Cl2N3O3/c1-3-6-21-13-20(15-29(38-2)30(21)39-19-23-9-10-25(32)16-27(23)33)14-24(17-34)31(37)35-12-11-22-18-36-28-8-5-4-7-26(22)28/h3-5,7-10,13-16,18,36H,1,6,11-12,19H2,2H3,(H,35,37)/b24-14-. The highest BCUT2D eigenvalue weighted by Gasteiger charge is 2.16. The molecule has 0 fully saturated rings. The van der Waals surface area contributed by atoms with Crippen molar-refractivity contribution in [2.75, 3.05) is 13.7 Å². The molecule has 0 aliphatic heterocycles. The highest BCUT2D eigenvalue weighted by Crippen LogP contribution is 2.35. The van der Waals surface area contributed by atoms with Crippen LogP contribution in [0, 0.1) is 11.3 Å². The summed E-state index contributed by atoms with van der Waals surface area (Å²) in [5, 5.41) is 14.7. The summed E-state index contributed by atoms with van der Waals surface area (Å²) in [7, 11) is 1.53. The van der Waals surface area contributed by atoms with Crippen LogP contribution in [0.25, 0.3) is 17.0 Å². The van der Waals surface area contributed by atoms with Gasteiger partial charge in [0.25, 0.3) is 5.91 Å². The third-order valence-corrected chi connectivity index (χ3v) is 6.74. The van der Waals surface area contributed by atoms with Crippen molar-refractivity contribution < 1.29 is 14.3 Å². The molecule has 0 atom stereocenters. The molecule has 8 heteroatoms. The van der Waals surface area contributed by atoms with Crippen molar-refractivity contribution in [1.29, 1.82) is 5.26 Å². The number of para-hydroxylation sites is 1. The molecule has 3 aromatic carbocycles. The van der Waals surface area contributed by atoms with Gasteiger partial charge in [0.15, 0.2) is 11.5 Å². The predicted molar refractivity (Wildman–Crippen MR) is 156 cm³/mol. The van der Waals surface area contributed by atoms with E-state index in [2.05, 4.69) is 16.9 Å².